The number of aliphatic hydroxyl groups excluding tert-OH is 1. The molecule has 2 atom stereocenters. The molecule has 0 aromatic heterocycles. The fourth-order valence-corrected chi connectivity index (χ4v) is 3.62. The maximum absolute atomic E-state index is 11.5. The number of hydrogen-bond donors (Lipinski definition) is 3. The van der Waals surface area contributed by atoms with Gasteiger partial charge in [0.2, 0.25) is 0 Å². The predicted octanol–water partition coefficient (Wildman–Crippen LogP) is 5.06. The van der Waals surface area contributed by atoms with Crippen molar-refractivity contribution in [3.05, 3.63) is 12.3 Å². The molecule has 0 bridgehead atoms. The first-order valence-corrected chi connectivity index (χ1v) is 12.8. The van der Waals surface area contributed by atoms with Crippen LogP contribution in [0.15, 0.2) is 12.3 Å². The van der Waals surface area contributed by atoms with Crippen LogP contribution in [0.4, 0.5) is 0 Å². The summed E-state index contributed by atoms with van der Waals surface area (Å²) in [5.41, 5.74) is 5.20. The van der Waals surface area contributed by atoms with E-state index in [0.29, 0.717) is 0 Å². The highest BCUT2D eigenvalue weighted by molar-refractivity contribution is 7.47. The van der Waals surface area contributed by atoms with Crippen molar-refractivity contribution in [1.29, 1.82) is 0 Å². The zero-order chi connectivity index (χ0) is 21.6. The minimum Gasteiger partial charge on any atom is -0.494 e. The molecule has 7 nitrogen and oxygen atoms in total. The van der Waals surface area contributed by atoms with E-state index in [4.69, 9.17) is 15.0 Å². The molecule has 8 heteroatoms. The van der Waals surface area contributed by atoms with Crippen molar-refractivity contribution < 1.29 is 28.3 Å². The van der Waals surface area contributed by atoms with Gasteiger partial charge in [0.1, 0.15) is 6.10 Å². The fourth-order valence-electron chi connectivity index (χ4n) is 2.86. The van der Waals surface area contributed by atoms with Crippen LogP contribution in [-0.2, 0) is 18.3 Å². The number of allylic oxidation sites excluding steroid dienone is 1. The lowest BCUT2D eigenvalue weighted by atomic mass is 10.0. The molecule has 0 amide bonds. The average Bonchev–Trinajstić information content (AvgIpc) is 2.71. The number of phosphoric acid groups is 1. The molecule has 0 heterocycles. The molecule has 0 saturated heterocycles. The first kappa shape index (κ1) is 28.6. The van der Waals surface area contributed by atoms with Crippen LogP contribution >= 0.6 is 7.82 Å². The average molecular weight is 438 g/mol. The topological polar surface area (TPSA) is 111 Å². The summed E-state index contributed by atoms with van der Waals surface area (Å²) in [4.78, 5) is 9.39. The number of nitrogens with two attached hydrogens (primary N) is 1. The zero-order valence-corrected chi connectivity index (χ0v) is 19.2. The summed E-state index contributed by atoms with van der Waals surface area (Å²) in [7, 11) is -4.15. The lowest BCUT2D eigenvalue weighted by Crippen LogP contribution is -2.22. The van der Waals surface area contributed by atoms with Gasteiger partial charge in [-0.2, -0.15) is 0 Å². The monoisotopic (exact) mass is 437 g/mol. The molecule has 0 spiro atoms. The summed E-state index contributed by atoms with van der Waals surface area (Å²) in [5.74, 6) is 0. The van der Waals surface area contributed by atoms with Crippen molar-refractivity contribution in [3.63, 3.8) is 0 Å². The number of unbranched alkanes of at least 4 members (excludes halogenated alkanes) is 12. The van der Waals surface area contributed by atoms with E-state index in [0.717, 1.165) is 12.8 Å². The van der Waals surface area contributed by atoms with E-state index in [1.807, 2.05) is 6.08 Å². The summed E-state index contributed by atoms with van der Waals surface area (Å²) in [6.45, 7) is 1.74. The first-order valence-electron chi connectivity index (χ1n) is 11.3. The Morgan fingerprint density at radius 3 is 2.00 bits per heavy atom. The van der Waals surface area contributed by atoms with Crippen molar-refractivity contribution in [2.45, 2.75) is 96.5 Å². The Hall–Kier alpha value is -0.430. The highest BCUT2D eigenvalue weighted by Gasteiger charge is 2.23. The Balaban J connectivity index is 3.54. The van der Waals surface area contributed by atoms with Crippen LogP contribution in [-0.4, -0.2) is 42.5 Å². The van der Waals surface area contributed by atoms with Gasteiger partial charge in [0.25, 0.3) is 0 Å². The number of hydrogen-bond acceptors (Lipinski definition) is 6. The van der Waals surface area contributed by atoms with E-state index in [2.05, 4.69) is 11.4 Å². The second-order valence-electron chi connectivity index (χ2n) is 7.38. The summed E-state index contributed by atoms with van der Waals surface area (Å²) in [6.07, 6.45) is 19.5. The third-order valence-corrected chi connectivity index (χ3v) is 5.58. The normalized spacial score (nSPS) is 14.9. The Labute approximate surface area is 177 Å². The fraction of sp³-hybridized carbons (Fsp3) is 0.905. The van der Waals surface area contributed by atoms with Crippen molar-refractivity contribution >= 4 is 7.82 Å². The lowest BCUT2D eigenvalue weighted by molar-refractivity contribution is 0.0257. The minimum absolute atomic E-state index is 0.0720. The number of aliphatic hydroxyl groups is 1. The smallest absolute Gasteiger partial charge is 0.472 e. The minimum atomic E-state index is -4.15. The third-order valence-electron chi connectivity index (χ3n) is 4.59. The lowest BCUT2D eigenvalue weighted by Gasteiger charge is -2.16. The van der Waals surface area contributed by atoms with Crippen LogP contribution in [0.25, 0.3) is 0 Å². The molecular formula is C21H44NO6P. The van der Waals surface area contributed by atoms with Crippen molar-refractivity contribution in [2.75, 3.05) is 26.4 Å². The van der Waals surface area contributed by atoms with E-state index >= 15 is 0 Å². The molecular weight excluding hydrogens is 393 g/mol. The van der Waals surface area contributed by atoms with E-state index in [1.165, 1.54) is 76.9 Å². The molecule has 174 valence electrons. The van der Waals surface area contributed by atoms with E-state index in [9.17, 15) is 14.6 Å². The zero-order valence-electron chi connectivity index (χ0n) is 18.3. The van der Waals surface area contributed by atoms with Gasteiger partial charge in [-0.25, -0.2) is 4.57 Å². The van der Waals surface area contributed by atoms with Crippen LogP contribution in [0.2, 0.25) is 0 Å². The number of ether oxygens (including phenoxy) is 1. The second kappa shape index (κ2) is 20.8. The van der Waals surface area contributed by atoms with Gasteiger partial charge in [0.05, 0.1) is 26.1 Å². The molecule has 0 aliphatic rings. The molecule has 0 rings (SSSR count). The number of rotatable bonds is 22. The molecule has 29 heavy (non-hydrogen) atoms. The van der Waals surface area contributed by atoms with Crippen LogP contribution in [0.3, 0.4) is 0 Å². The summed E-state index contributed by atoms with van der Waals surface area (Å²) < 4.78 is 26.2. The van der Waals surface area contributed by atoms with Crippen molar-refractivity contribution in [2.24, 2.45) is 5.73 Å². The van der Waals surface area contributed by atoms with Crippen LogP contribution in [0, 0.1) is 0 Å². The Morgan fingerprint density at radius 2 is 1.48 bits per heavy atom. The summed E-state index contributed by atoms with van der Waals surface area (Å²) >= 11 is 0. The first-order chi connectivity index (χ1) is 14.1. The third kappa shape index (κ3) is 20.6. The van der Waals surface area contributed by atoms with E-state index in [-0.39, 0.29) is 26.4 Å². The summed E-state index contributed by atoms with van der Waals surface area (Å²) in [5, 5.41) is 9.24. The molecule has 4 N–H and O–H groups in total. The standard InChI is InChI=1S/C21H44NO6P/c1-2-3-4-5-6-7-8-9-10-11-12-13-14-15-17-26-21(19-23)20-28-29(24,25)27-18-16-22/h15,17,21,23H,2-14,16,18-20,22H2,1H3,(H,24,25). The summed E-state index contributed by atoms with van der Waals surface area (Å²) in [6, 6.07) is 0. The maximum atomic E-state index is 11.5. The van der Waals surface area contributed by atoms with Crippen LogP contribution in [0.1, 0.15) is 90.4 Å². The molecule has 0 aromatic rings. The van der Waals surface area contributed by atoms with Gasteiger partial charge >= 0.3 is 7.82 Å². The van der Waals surface area contributed by atoms with Crippen molar-refractivity contribution in [1.82, 2.24) is 0 Å². The van der Waals surface area contributed by atoms with Gasteiger partial charge in [-0.1, -0.05) is 77.6 Å². The second-order valence-corrected chi connectivity index (χ2v) is 8.83. The Bertz CT molecular complexity index is 422. The van der Waals surface area contributed by atoms with Gasteiger partial charge in [0, 0.05) is 6.54 Å². The predicted molar refractivity (Wildman–Crippen MR) is 118 cm³/mol. The highest BCUT2D eigenvalue weighted by Crippen LogP contribution is 2.42. The highest BCUT2D eigenvalue weighted by atomic mass is 31.2. The molecule has 0 aliphatic carbocycles. The van der Waals surface area contributed by atoms with Gasteiger partial charge in [0.15, 0.2) is 0 Å². The maximum Gasteiger partial charge on any atom is 0.472 e. The van der Waals surface area contributed by atoms with Gasteiger partial charge in [-0.3, -0.25) is 9.05 Å². The molecule has 0 aliphatic heterocycles. The van der Waals surface area contributed by atoms with Gasteiger partial charge in [-0.05, 0) is 18.9 Å². The molecule has 0 saturated carbocycles. The van der Waals surface area contributed by atoms with Crippen LogP contribution < -0.4 is 5.73 Å². The molecule has 0 fully saturated rings. The van der Waals surface area contributed by atoms with Gasteiger partial charge < -0.3 is 20.5 Å². The van der Waals surface area contributed by atoms with Gasteiger partial charge in [-0.15, -0.1) is 0 Å². The van der Waals surface area contributed by atoms with Crippen LogP contribution in [0.5, 0.6) is 0 Å². The van der Waals surface area contributed by atoms with Crippen molar-refractivity contribution in [3.8, 4) is 0 Å². The molecule has 0 radical (unpaired) electrons. The van der Waals surface area contributed by atoms with E-state index < -0.39 is 13.9 Å². The van der Waals surface area contributed by atoms with E-state index in [1.54, 1.807) is 0 Å². The largest absolute Gasteiger partial charge is 0.494 e. The SMILES string of the molecule is CCCCCCCCCCCCCCC=COC(CO)COP(=O)(O)OCCN. The number of phosphoric ester groups is 1. The quantitative estimate of drug-likeness (QED) is 0.123. The molecule has 2 unspecified atom stereocenters. The molecule has 0 aromatic carbocycles. The Morgan fingerprint density at radius 1 is 0.931 bits per heavy atom. The Kier molecular flexibility index (Phi) is 20.5.